The van der Waals surface area contributed by atoms with Crippen LogP contribution in [-0.4, -0.2) is 61.4 Å². The number of carbonyl (C=O) groups excluding carboxylic acids is 3. The minimum atomic E-state index is -0.446. The van der Waals surface area contributed by atoms with E-state index in [2.05, 4.69) is 4.74 Å². The maximum absolute atomic E-state index is 12.5. The van der Waals surface area contributed by atoms with Crippen molar-refractivity contribution in [1.29, 1.82) is 0 Å². The van der Waals surface area contributed by atoms with Crippen molar-refractivity contribution in [1.82, 2.24) is 9.80 Å². The Hall–Kier alpha value is -2.37. The molecule has 2 amide bonds. The van der Waals surface area contributed by atoms with Crippen molar-refractivity contribution in [3.63, 3.8) is 0 Å². The highest BCUT2D eigenvalue weighted by atomic mass is 16.5. The summed E-state index contributed by atoms with van der Waals surface area (Å²) in [6, 6.07) is 9.96. The van der Waals surface area contributed by atoms with Crippen LogP contribution in [0.25, 0.3) is 0 Å². The number of amides is 2. The van der Waals surface area contributed by atoms with Gasteiger partial charge in [-0.15, -0.1) is 0 Å². The van der Waals surface area contributed by atoms with Gasteiger partial charge in [-0.3, -0.25) is 14.4 Å². The van der Waals surface area contributed by atoms with Crippen LogP contribution in [0.3, 0.4) is 0 Å². The Morgan fingerprint density at radius 2 is 2.00 bits per heavy atom. The molecule has 0 saturated carbocycles. The third kappa shape index (κ3) is 4.81. The molecule has 0 bridgehead atoms. The lowest BCUT2D eigenvalue weighted by atomic mass is 9.95. The fourth-order valence-corrected chi connectivity index (χ4v) is 2.89. The van der Waals surface area contributed by atoms with Crippen LogP contribution in [0.2, 0.25) is 0 Å². The molecule has 24 heavy (non-hydrogen) atoms. The highest BCUT2D eigenvalue weighted by molar-refractivity contribution is 5.86. The average molecular weight is 332 g/mol. The van der Waals surface area contributed by atoms with Crippen LogP contribution < -0.4 is 0 Å². The van der Waals surface area contributed by atoms with E-state index in [1.54, 1.807) is 11.9 Å². The molecule has 6 nitrogen and oxygen atoms in total. The van der Waals surface area contributed by atoms with E-state index in [4.69, 9.17) is 0 Å². The van der Waals surface area contributed by atoms with Gasteiger partial charge >= 0.3 is 5.97 Å². The minimum absolute atomic E-state index is 0.0657. The van der Waals surface area contributed by atoms with Crippen LogP contribution in [0.5, 0.6) is 0 Å². The van der Waals surface area contributed by atoms with Crippen LogP contribution in [0.4, 0.5) is 0 Å². The average Bonchev–Trinajstić information content (AvgIpc) is 2.61. The van der Waals surface area contributed by atoms with Crippen molar-refractivity contribution in [3.05, 3.63) is 35.9 Å². The van der Waals surface area contributed by atoms with Gasteiger partial charge in [0.25, 0.3) is 0 Å². The van der Waals surface area contributed by atoms with Crippen molar-refractivity contribution < 1.29 is 19.1 Å². The second-order valence-electron chi connectivity index (χ2n) is 6.08. The number of methoxy groups -OCH3 is 1. The van der Waals surface area contributed by atoms with E-state index in [1.807, 2.05) is 30.3 Å². The number of hydrogen-bond acceptors (Lipinski definition) is 4. The molecule has 130 valence electrons. The van der Waals surface area contributed by atoms with E-state index in [0.717, 1.165) is 6.42 Å². The zero-order valence-electron chi connectivity index (χ0n) is 14.2. The predicted octanol–water partition coefficient (Wildman–Crippen LogP) is 1.10. The number of nitrogens with zero attached hydrogens (tertiary/aromatic N) is 2. The Labute approximate surface area is 142 Å². The van der Waals surface area contributed by atoms with Gasteiger partial charge in [0.05, 0.1) is 13.0 Å². The number of ether oxygens (including phenoxy) is 1. The van der Waals surface area contributed by atoms with Gasteiger partial charge in [-0.2, -0.15) is 0 Å². The molecule has 0 aliphatic carbocycles. The first-order chi connectivity index (χ1) is 11.5. The monoisotopic (exact) mass is 332 g/mol. The third-order valence-electron chi connectivity index (χ3n) is 4.33. The minimum Gasteiger partial charge on any atom is -0.468 e. The lowest BCUT2D eigenvalue weighted by Gasteiger charge is -2.33. The lowest BCUT2D eigenvalue weighted by molar-refractivity contribution is -0.149. The molecule has 0 radical (unpaired) electrons. The van der Waals surface area contributed by atoms with Crippen molar-refractivity contribution >= 4 is 17.8 Å². The normalized spacial score (nSPS) is 17.5. The molecular formula is C18H24N2O4. The molecule has 2 rings (SSSR count). The second-order valence-corrected chi connectivity index (χ2v) is 6.08. The summed E-state index contributed by atoms with van der Waals surface area (Å²) in [5, 5.41) is 0. The molecule has 1 heterocycles. The van der Waals surface area contributed by atoms with Crippen LogP contribution in [0, 0.1) is 5.92 Å². The number of piperidine rings is 1. The fourth-order valence-electron chi connectivity index (χ4n) is 2.89. The lowest BCUT2D eigenvalue weighted by Crippen LogP contribution is -2.47. The second kappa shape index (κ2) is 8.47. The van der Waals surface area contributed by atoms with E-state index in [-0.39, 0.29) is 24.3 Å². The molecular weight excluding hydrogens is 308 g/mol. The summed E-state index contributed by atoms with van der Waals surface area (Å²) < 4.78 is 4.59. The Balaban J connectivity index is 1.90. The Kier molecular flexibility index (Phi) is 6.35. The highest BCUT2D eigenvalue weighted by Gasteiger charge is 2.32. The molecule has 0 aromatic heterocycles. The number of benzene rings is 1. The van der Waals surface area contributed by atoms with E-state index in [9.17, 15) is 14.4 Å². The molecule has 1 unspecified atom stereocenters. The van der Waals surface area contributed by atoms with Crippen LogP contribution in [0.1, 0.15) is 18.4 Å². The van der Waals surface area contributed by atoms with Gasteiger partial charge in [-0.05, 0) is 18.4 Å². The van der Waals surface area contributed by atoms with Gasteiger partial charge in [0.15, 0.2) is 0 Å². The maximum Gasteiger partial charge on any atom is 0.325 e. The van der Waals surface area contributed by atoms with Crippen molar-refractivity contribution in [2.24, 2.45) is 5.92 Å². The maximum atomic E-state index is 12.5. The van der Waals surface area contributed by atoms with Crippen LogP contribution >= 0.6 is 0 Å². The summed E-state index contributed by atoms with van der Waals surface area (Å²) >= 11 is 0. The molecule has 1 aliphatic rings. The Morgan fingerprint density at radius 1 is 1.29 bits per heavy atom. The standard InChI is InChI=1S/C18H24N2O4/c1-19(13-17(22)24-2)18(23)15-8-9-16(21)20(12-15)11-10-14-6-4-3-5-7-14/h3-7,15H,8-13H2,1-2H3. The number of likely N-dealkylation sites (N-methyl/N-ethyl adjacent to an activating group) is 1. The fraction of sp³-hybridized carbons (Fsp3) is 0.500. The van der Waals surface area contributed by atoms with Crippen molar-refractivity contribution in [2.45, 2.75) is 19.3 Å². The van der Waals surface area contributed by atoms with Crippen molar-refractivity contribution in [3.8, 4) is 0 Å². The number of esters is 1. The van der Waals surface area contributed by atoms with Crippen LogP contribution in [0.15, 0.2) is 30.3 Å². The molecule has 1 aliphatic heterocycles. The largest absolute Gasteiger partial charge is 0.468 e. The molecule has 0 spiro atoms. The Bertz CT molecular complexity index is 588. The van der Waals surface area contributed by atoms with E-state index in [0.29, 0.717) is 25.9 Å². The SMILES string of the molecule is COC(=O)CN(C)C(=O)C1CCC(=O)N(CCc2ccccc2)C1. The summed E-state index contributed by atoms with van der Waals surface area (Å²) in [5.74, 6) is -0.727. The quantitative estimate of drug-likeness (QED) is 0.732. The summed E-state index contributed by atoms with van der Waals surface area (Å²) in [4.78, 5) is 39.0. The summed E-state index contributed by atoms with van der Waals surface area (Å²) in [6.07, 6.45) is 1.67. The highest BCUT2D eigenvalue weighted by Crippen LogP contribution is 2.20. The summed E-state index contributed by atoms with van der Waals surface area (Å²) in [5.41, 5.74) is 1.17. The van der Waals surface area contributed by atoms with Gasteiger partial charge in [0.1, 0.15) is 6.54 Å². The van der Waals surface area contributed by atoms with E-state index >= 15 is 0 Å². The Morgan fingerprint density at radius 3 is 2.67 bits per heavy atom. The third-order valence-corrected chi connectivity index (χ3v) is 4.33. The number of hydrogen-bond donors (Lipinski definition) is 0. The van der Waals surface area contributed by atoms with Gasteiger partial charge in [0.2, 0.25) is 11.8 Å². The van der Waals surface area contributed by atoms with E-state index < -0.39 is 5.97 Å². The van der Waals surface area contributed by atoms with E-state index in [1.165, 1.54) is 17.6 Å². The van der Waals surface area contributed by atoms with Gasteiger partial charge in [-0.1, -0.05) is 30.3 Å². The van der Waals surface area contributed by atoms with Crippen LogP contribution in [-0.2, 0) is 25.5 Å². The molecule has 1 atom stereocenters. The van der Waals surface area contributed by atoms with Gasteiger partial charge in [-0.25, -0.2) is 0 Å². The van der Waals surface area contributed by atoms with Gasteiger partial charge in [0, 0.05) is 26.6 Å². The van der Waals surface area contributed by atoms with Gasteiger partial charge < -0.3 is 14.5 Å². The molecule has 1 saturated heterocycles. The first kappa shape index (κ1) is 18.0. The number of carbonyl (C=O) groups is 3. The topological polar surface area (TPSA) is 66.9 Å². The molecule has 0 N–H and O–H groups in total. The summed E-state index contributed by atoms with van der Waals surface area (Å²) in [7, 11) is 2.88. The zero-order chi connectivity index (χ0) is 17.5. The molecule has 1 aromatic rings. The first-order valence-electron chi connectivity index (χ1n) is 8.14. The zero-order valence-corrected chi connectivity index (χ0v) is 14.2. The smallest absolute Gasteiger partial charge is 0.325 e. The predicted molar refractivity (Wildman–Crippen MR) is 89.1 cm³/mol. The molecule has 1 aromatic carbocycles. The number of likely N-dealkylation sites (tertiary alicyclic amines) is 1. The first-order valence-corrected chi connectivity index (χ1v) is 8.14. The molecule has 1 fully saturated rings. The number of rotatable bonds is 6. The van der Waals surface area contributed by atoms with Crippen molar-refractivity contribution in [2.75, 3.05) is 33.8 Å². The molecule has 6 heteroatoms. The summed E-state index contributed by atoms with van der Waals surface area (Å²) in [6.45, 7) is 0.952.